The van der Waals surface area contributed by atoms with Crippen molar-refractivity contribution in [1.82, 2.24) is 0 Å². The predicted octanol–water partition coefficient (Wildman–Crippen LogP) is -3.53. The molecular weight excluding hydrogens is 124 g/mol. The molecule has 0 amide bonds. The molecule has 5 heteroatoms. The van der Waals surface area contributed by atoms with Crippen molar-refractivity contribution in [2.75, 3.05) is 13.1 Å². The highest BCUT2D eigenvalue weighted by Gasteiger charge is 1.54. The van der Waals surface area contributed by atoms with Crippen LogP contribution in [-0.4, -0.2) is 34.1 Å². The van der Waals surface area contributed by atoms with Gasteiger partial charge in [-0.3, -0.25) is 0 Å². The van der Waals surface area contributed by atoms with Crippen molar-refractivity contribution in [1.29, 1.82) is 0 Å². The maximum Gasteiger partial charge on any atom is 0.129 e. The molecule has 0 aromatic rings. The number of hydrogen-bond donors (Lipinski definition) is 2. The summed E-state index contributed by atoms with van der Waals surface area (Å²) in [5.74, 6) is 0. The minimum Gasteiger partial charge on any atom is -0.471 e. The molecule has 0 aromatic carbocycles. The lowest BCUT2D eigenvalue weighted by Crippen LogP contribution is -2.11. The van der Waals surface area contributed by atoms with E-state index in [1.807, 2.05) is 0 Å². The maximum absolute atomic E-state index is 4.90. The zero-order valence-electron chi connectivity index (χ0n) is 4.98. The summed E-state index contributed by atoms with van der Waals surface area (Å²) >= 11 is 0. The highest BCUT2D eigenvalue weighted by Crippen LogP contribution is 1.24. The van der Waals surface area contributed by atoms with Gasteiger partial charge in [0.05, 0.1) is 0 Å². The fourth-order valence-electron chi connectivity index (χ4n) is 0. The highest BCUT2D eigenvalue weighted by molar-refractivity contribution is 6.15. The summed E-state index contributed by atoms with van der Waals surface area (Å²) in [6.45, 7) is 1.19. The summed E-state index contributed by atoms with van der Waals surface area (Å²) in [5, 5.41) is 0. The van der Waals surface area contributed by atoms with E-state index in [9.17, 15) is 0 Å². The van der Waals surface area contributed by atoms with E-state index in [2.05, 4.69) is 4.12 Å². The van der Waals surface area contributed by atoms with Crippen LogP contribution in [0.15, 0.2) is 0 Å². The maximum atomic E-state index is 4.90. The SMILES string of the molecule is NCCN.[SiH3]O[SiH3]. The first kappa shape index (κ1) is 10.3. The van der Waals surface area contributed by atoms with Gasteiger partial charge in [-0.1, -0.05) is 0 Å². The van der Waals surface area contributed by atoms with Gasteiger partial charge < -0.3 is 15.6 Å². The summed E-state index contributed by atoms with van der Waals surface area (Å²) in [5.41, 5.74) is 9.81. The minimum atomic E-state index is 0.597. The van der Waals surface area contributed by atoms with Crippen LogP contribution in [0.1, 0.15) is 0 Å². The Kier molecular flexibility index (Phi) is 23.9. The second-order valence-electron chi connectivity index (χ2n) is 0.986. The Bertz CT molecular complexity index is 21.2. The molecule has 46 valence electrons. The van der Waals surface area contributed by atoms with Crippen molar-refractivity contribution in [2.45, 2.75) is 0 Å². The molecule has 0 atom stereocenters. The summed E-state index contributed by atoms with van der Waals surface area (Å²) in [6.07, 6.45) is 0. The molecule has 0 aromatic heterocycles. The van der Waals surface area contributed by atoms with Crippen LogP contribution in [-0.2, 0) is 4.12 Å². The molecule has 0 aliphatic carbocycles. The Labute approximate surface area is 50.5 Å². The standard InChI is InChI=1S/C2H8N2.H6OSi2/c3-1-2-4;2-1-3/h1-4H2;2-3H3. The van der Waals surface area contributed by atoms with Crippen molar-refractivity contribution in [3.8, 4) is 0 Å². The van der Waals surface area contributed by atoms with Crippen LogP contribution in [0.4, 0.5) is 0 Å². The molecule has 0 heterocycles. The summed E-state index contributed by atoms with van der Waals surface area (Å²) in [7, 11) is 1.86. The number of nitrogens with two attached hydrogens (primary N) is 2. The molecule has 0 fully saturated rings. The van der Waals surface area contributed by atoms with Crippen LogP contribution in [0.25, 0.3) is 0 Å². The first-order valence-electron chi connectivity index (χ1n) is 2.13. The van der Waals surface area contributed by atoms with Gasteiger partial charge in [-0.15, -0.1) is 0 Å². The van der Waals surface area contributed by atoms with Crippen LogP contribution >= 0.6 is 0 Å². The lowest BCUT2D eigenvalue weighted by Gasteiger charge is -1.72. The number of hydrogen-bond acceptors (Lipinski definition) is 3. The van der Waals surface area contributed by atoms with Gasteiger partial charge in [0.1, 0.15) is 21.0 Å². The number of rotatable bonds is 1. The smallest absolute Gasteiger partial charge is 0.129 e. The zero-order valence-corrected chi connectivity index (χ0v) is 8.98. The van der Waals surface area contributed by atoms with Gasteiger partial charge >= 0.3 is 0 Å². The highest BCUT2D eigenvalue weighted by atomic mass is 28.3. The molecule has 0 saturated carbocycles. The van der Waals surface area contributed by atoms with Crippen LogP contribution < -0.4 is 11.5 Å². The van der Waals surface area contributed by atoms with Crippen LogP contribution in [0, 0.1) is 0 Å². The third kappa shape index (κ3) is 68.1. The molecule has 0 unspecified atom stereocenters. The summed E-state index contributed by atoms with van der Waals surface area (Å²) in [4.78, 5) is 0. The molecule has 0 aliphatic heterocycles. The lowest BCUT2D eigenvalue weighted by molar-refractivity contribution is 0.690. The van der Waals surface area contributed by atoms with Gasteiger partial charge in [-0.25, -0.2) is 0 Å². The zero-order chi connectivity index (χ0) is 6.12. The Morgan fingerprint density at radius 2 is 1.29 bits per heavy atom. The van der Waals surface area contributed by atoms with Crippen molar-refractivity contribution in [2.24, 2.45) is 11.5 Å². The average molecular weight is 138 g/mol. The second-order valence-corrected chi connectivity index (χ2v) is 4.25. The third-order valence-corrected chi connectivity index (χ3v) is 0.167. The van der Waals surface area contributed by atoms with E-state index < -0.39 is 0 Å². The van der Waals surface area contributed by atoms with Gasteiger partial charge in [0.15, 0.2) is 0 Å². The first-order chi connectivity index (χ1) is 3.33. The summed E-state index contributed by atoms with van der Waals surface area (Å²) < 4.78 is 4.53. The van der Waals surface area contributed by atoms with E-state index in [0.29, 0.717) is 13.1 Å². The quantitative estimate of drug-likeness (QED) is 0.369. The molecule has 0 bridgehead atoms. The molecule has 0 spiro atoms. The molecule has 0 saturated heterocycles. The van der Waals surface area contributed by atoms with E-state index in [0.717, 1.165) is 21.0 Å². The van der Waals surface area contributed by atoms with E-state index in [4.69, 9.17) is 11.5 Å². The average Bonchev–Trinajstić information content (AvgIpc) is 1.69. The van der Waals surface area contributed by atoms with Crippen LogP contribution in [0.5, 0.6) is 0 Å². The summed E-state index contributed by atoms with van der Waals surface area (Å²) in [6, 6.07) is 0. The molecule has 0 radical (unpaired) electrons. The van der Waals surface area contributed by atoms with Crippen molar-refractivity contribution in [3.63, 3.8) is 0 Å². The third-order valence-electron chi connectivity index (χ3n) is 0.167. The van der Waals surface area contributed by atoms with Crippen molar-refractivity contribution < 1.29 is 4.12 Å². The van der Waals surface area contributed by atoms with E-state index in [-0.39, 0.29) is 0 Å². The van der Waals surface area contributed by atoms with Gasteiger partial charge in [0, 0.05) is 13.1 Å². The van der Waals surface area contributed by atoms with Crippen molar-refractivity contribution >= 4 is 21.0 Å². The second kappa shape index (κ2) is 16.2. The van der Waals surface area contributed by atoms with Gasteiger partial charge in [-0.2, -0.15) is 0 Å². The Morgan fingerprint density at radius 1 is 1.14 bits per heavy atom. The van der Waals surface area contributed by atoms with Gasteiger partial charge in [0.2, 0.25) is 0 Å². The van der Waals surface area contributed by atoms with Crippen LogP contribution in [0.2, 0.25) is 0 Å². The molecule has 4 N–H and O–H groups in total. The Balaban J connectivity index is 0. The fourth-order valence-corrected chi connectivity index (χ4v) is 0. The van der Waals surface area contributed by atoms with E-state index in [1.54, 1.807) is 0 Å². The monoisotopic (exact) mass is 138 g/mol. The largest absolute Gasteiger partial charge is 0.471 e. The predicted molar refractivity (Wildman–Crippen MR) is 39.1 cm³/mol. The molecule has 0 aliphatic rings. The Morgan fingerprint density at radius 3 is 1.29 bits per heavy atom. The fraction of sp³-hybridized carbons (Fsp3) is 1.00. The molecule has 7 heavy (non-hydrogen) atoms. The van der Waals surface area contributed by atoms with Crippen LogP contribution in [0.3, 0.4) is 0 Å². The topological polar surface area (TPSA) is 61.3 Å². The Hall–Kier alpha value is 0.314. The van der Waals surface area contributed by atoms with E-state index in [1.165, 1.54) is 0 Å². The first-order valence-corrected chi connectivity index (χ1v) is 3.77. The normalized spacial score (nSPS) is 7.71. The molecule has 3 nitrogen and oxygen atoms in total. The molecule has 0 rings (SSSR count). The van der Waals surface area contributed by atoms with Gasteiger partial charge in [-0.05, 0) is 0 Å². The van der Waals surface area contributed by atoms with E-state index >= 15 is 0 Å². The van der Waals surface area contributed by atoms with Crippen molar-refractivity contribution in [3.05, 3.63) is 0 Å². The lowest BCUT2D eigenvalue weighted by atomic mass is 10.7. The molecular formula is C2H14N2OSi2. The minimum absolute atomic E-state index is 0.597. The van der Waals surface area contributed by atoms with Gasteiger partial charge in [0.25, 0.3) is 0 Å².